The number of aryl methyl sites for hydroxylation is 1. The molecule has 0 saturated heterocycles. The van der Waals surface area contributed by atoms with Crippen LogP contribution in [0.15, 0.2) is 48.9 Å². The second kappa shape index (κ2) is 10.4. The highest BCUT2D eigenvalue weighted by Crippen LogP contribution is 2.28. The van der Waals surface area contributed by atoms with Crippen LogP contribution in [0.25, 0.3) is 33.8 Å². The van der Waals surface area contributed by atoms with Gasteiger partial charge in [0, 0.05) is 35.8 Å². The van der Waals surface area contributed by atoms with Gasteiger partial charge in [-0.15, -0.1) is 0 Å². The molecule has 5 rings (SSSR count). The number of fused-ring (bicyclic) bond motifs is 1. The topological polar surface area (TPSA) is 114 Å². The van der Waals surface area contributed by atoms with E-state index in [0.29, 0.717) is 24.4 Å². The molecule has 0 aliphatic heterocycles. The van der Waals surface area contributed by atoms with Crippen molar-refractivity contribution in [3.63, 3.8) is 0 Å². The van der Waals surface area contributed by atoms with Gasteiger partial charge < -0.3 is 14.8 Å². The average molecular weight is 460 g/mol. The summed E-state index contributed by atoms with van der Waals surface area (Å²) in [5, 5.41) is 9.11. The minimum absolute atomic E-state index is 0.0171. The SMILES string of the molecule is CC.Cc1cnc2nc(-c3ccc(-c4ccc(OC5CCC(C(=O)O)CC5)nc4)nc3)[nH]c2c1. The van der Waals surface area contributed by atoms with Crippen molar-refractivity contribution in [2.75, 3.05) is 0 Å². The lowest BCUT2D eigenvalue weighted by Crippen LogP contribution is -2.28. The molecular formula is C26H29N5O3. The number of imidazole rings is 1. The quantitative estimate of drug-likeness (QED) is 0.408. The number of aromatic nitrogens is 5. The number of carboxylic acids is 1. The molecule has 1 fully saturated rings. The highest BCUT2D eigenvalue weighted by molar-refractivity contribution is 5.76. The standard InChI is InChI=1S/C24H23N5O3.C2H6/c1-14-10-20-23(27-11-14)29-22(28-20)17-4-8-19(25-13-17)16-5-9-21(26-12-16)32-18-6-2-15(3-7-18)24(30)31;1-2/h4-5,8-13,15,18H,2-3,6-7H2,1H3,(H,30,31)(H,27,28,29);1-2H3. The maximum absolute atomic E-state index is 11.1. The number of hydrogen-bond acceptors (Lipinski definition) is 6. The van der Waals surface area contributed by atoms with Crippen LogP contribution in [0.1, 0.15) is 45.1 Å². The van der Waals surface area contributed by atoms with Crippen LogP contribution in [0.2, 0.25) is 0 Å². The van der Waals surface area contributed by atoms with Gasteiger partial charge >= 0.3 is 5.97 Å². The van der Waals surface area contributed by atoms with E-state index in [0.717, 1.165) is 46.6 Å². The van der Waals surface area contributed by atoms with Gasteiger partial charge in [0.25, 0.3) is 0 Å². The van der Waals surface area contributed by atoms with Gasteiger partial charge in [0.2, 0.25) is 5.88 Å². The maximum atomic E-state index is 11.1. The van der Waals surface area contributed by atoms with Crippen molar-refractivity contribution in [3.05, 3.63) is 54.5 Å². The van der Waals surface area contributed by atoms with E-state index in [4.69, 9.17) is 9.84 Å². The molecule has 8 nitrogen and oxygen atoms in total. The Hall–Kier alpha value is -3.81. The van der Waals surface area contributed by atoms with Crippen LogP contribution in [0, 0.1) is 12.8 Å². The molecule has 0 radical (unpaired) electrons. The predicted molar refractivity (Wildman–Crippen MR) is 130 cm³/mol. The minimum atomic E-state index is -0.712. The molecule has 0 bridgehead atoms. The second-order valence-corrected chi connectivity index (χ2v) is 8.22. The molecule has 4 aromatic rings. The summed E-state index contributed by atoms with van der Waals surface area (Å²) in [6.07, 6.45) is 8.11. The molecule has 1 saturated carbocycles. The van der Waals surface area contributed by atoms with Crippen molar-refractivity contribution in [1.82, 2.24) is 24.9 Å². The molecule has 0 aromatic carbocycles. The maximum Gasteiger partial charge on any atom is 0.306 e. The van der Waals surface area contributed by atoms with Gasteiger partial charge in [0.15, 0.2) is 5.65 Å². The number of hydrogen-bond donors (Lipinski definition) is 2. The van der Waals surface area contributed by atoms with E-state index in [-0.39, 0.29) is 12.0 Å². The van der Waals surface area contributed by atoms with Crippen molar-refractivity contribution in [2.24, 2.45) is 5.92 Å². The van der Waals surface area contributed by atoms with Gasteiger partial charge in [0.1, 0.15) is 11.9 Å². The fourth-order valence-electron chi connectivity index (χ4n) is 4.05. The first-order valence-electron chi connectivity index (χ1n) is 11.7. The fraction of sp³-hybridized carbons (Fsp3) is 0.346. The summed E-state index contributed by atoms with van der Waals surface area (Å²) in [5.74, 6) is 0.321. The smallest absolute Gasteiger partial charge is 0.306 e. The number of rotatable bonds is 5. The highest BCUT2D eigenvalue weighted by Gasteiger charge is 2.27. The molecule has 1 aliphatic carbocycles. The van der Waals surface area contributed by atoms with E-state index in [1.54, 1.807) is 18.6 Å². The number of H-pyrrole nitrogens is 1. The third-order valence-electron chi connectivity index (χ3n) is 5.85. The zero-order valence-electron chi connectivity index (χ0n) is 19.7. The van der Waals surface area contributed by atoms with Gasteiger partial charge in [-0.3, -0.25) is 9.78 Å². The van der Waals surface area contributed by atoms with Crippen LogP contribution in [0.4, 0.5) is 0 Å². The number of nitrogens with one attached hydrogen (secondary N) is 1. The number of carboxylic acid groups (broad SMARTS) is 1. The third kappa shape index (κ3) is 5.22. The lowest BCUT2D eigenvalue weighted by atomic mass is 9.87. The number of aliphatic carboxylic acids is 1. The summed E-state index contributed by atoms with van der Waals surface area (Å²) >= 11 is 0. The van der Waals surface area contributed by atoms with Crippen molar-refractivity contribution in [1.29, 1.82) is 0 Å². The molecule has 1 aliphatic rings. The van der Waals surface area contributed by atoms with E-state index < -0.39 is 5.97 Å². The van der Waals surface area contributed by atoms with Crippen LogP contribution in [0.3, 0.4) is 0 Å². The first-order chi connectivity index (χ1) is 16.5. The van der Waals surface area contributed by atoms with Crippen molar-refractivity contribution in [3.8, 4) is 28.5 Å². The largest absolute Gasteiger partial charge is 0.481 e. The van der Waals surface area contributed by atoms with Crippen LogP contribution in [-0.4, -0.2) is 42.1 Å². The Morgan fingerprint density at radius 3 is 2.35 bits per heavy atom. The average Bonchev–Trinajstić information content (AvgIpc) is 3.29. The van der Waals surface area contributed by atoms with Crippen LogP contribution in [0.5, 0.6) is 5.88 Å². The third-order valence-corrected chi connectivity index (χ3v) is 5.85. The number of nitrogens with zero attached hydrogens (tertiary/aromatic N) is 4. The molecule has 176 valence electrons. The van der Waals surface area contributed by atoms with Gasteiger partial charge in [0.05, 0.1) is 17.1 Å². The van der Waals surface area contributed by atoms with Gasteiger partial charge in [-0.2, -0.15) is 0 Å². The summed E-state index contributed by atoms with van der Waals surface area (Å²) in [6.45, 7) is 6.00. The van der Waals surface area contributed by atoms with Crippen LogP contribution in [-0.2, 0) is 4.79 Å². The Labute approximate surface area is 198 Å². The number of carbonyl (C=O) groups is 1. The van der Waals surface area contributed by atoms with Crippen molar-refractivity contribution in [2.45, 2.75) is 52.6 Å². The summed E-state index contributed by atoms with van der Waals surface area (Å²) < 4.78 is 5.95. The number of aromatic amines is 1. The highest BCUT2D eigenvalue weighted by atomic mass is 16.5. The summed E-state index contributed by atoms with van der Waals surface area (Å²) in [7, 11) is 0. The molecule has 0 unspecified atom stereocenters. The van der Waals surface area contributed by atoms with E-state index in [1.807, 2.05) is 51.1 Å². The van der Waals surface area contributed by atoms with Crippen molar-refractivity contribution < 1.29 is 14.6 Å². The summed E-state index contributed by atoms with van der Waals surface area (Å²) in [6, 6.07) is 9.69. The van der Waals surface area contributed by atoms with Gasteiger partial charge in [-0.1, -0.05) is 13.8 Å². The van der Waals surface area contributed by atoms with E-state index in [9.17, 15) is 4.79 Å². The first-order valence-corrected chi connectivity index (χ1v) is 11.7. The molecule has 4 aromatic heterocycles. The Morgan fingerprint density at radius 2 is 1.71 bits per heavy atom. The molecule has 34 heavy (non-hydrogen) atoms. The number of pyridine rings is 3. The monoisotopic (exact) mass is 459 g/mol. The zero-order chi connectivity index (χ0) is 24.1. The molecule has 0 amide bonds. The van der Waals surface area contributed by atoms with E-state index in [1.165, 1.54) is 0 Å². The zero-order valence-corrected chi connectivity index (χ0v) is 19.7. The van der Waals surface area contributed by atoms with Crippen LogP contribution < -0.4 is 4.74 Å². The minimum Gasteiger partial charge on any atom is -0.481 e. The first kappa shape index (κ1) is 23.4. The Morgan fingerprint density at radius 1 is 0.971 bits per heavy atom. The lowest BCUT2D eigenvalue weighted by Gasteiger charge is -2.26. The van der Waals surface area contributed by atoms with E-state index >= 15 is 0 Å². The molecule has 0 spiro atoms. The Balaban J connectivity index is 0.00000133. The Kier molecular flexibility index (Phi) is 7.15. The lowest BCUT2D eigenvalue weighted by molar-refractivity contribution is -0.143. The predicted octanol–water partition coefficient (Wildman–Crippen LogP) is 5.44. The second-order valence-electron chi connectivity index (χ2n) is 8.22. The summed E-state index contributed by atoms with van der Waals surface area (Å²) in [4.78, 5) is 32.2. The molecule has 8 heteroatoms. The molecule has 4 heterocycles. The summed E-state index contributed by atoms with van der Waals surface area (Å²) in [5.41, 5.74) is 5.25. The molecular weight excluding hydrogens is 430 g/mol. The van der Waals surface area contributed by atoms with Gasteiger partial charge in [-0.25, -0.2) is 15.0 Å². The Bertz CT molecular complexity index is 1240. The number of ether oxygens (including phenoxy) is 1. The van der Waals surface area contributed by atoms with Gasteiger partial charge in [-0.05, 0) is 62.4 Å². The van der Waals surface area contributed by atoms with E-state index in [2.05, 4.69) is 24.9 Å². The normalized spacial score (nSPS) is 17.6. The fourth-order valence-corrected chi connectivity index (χ4v) is 4.05. The molecule has 0 atom stereocenters. The van der Waals surface area contributed by atoms with Crippen molar-refractivity contribution >= 4 is 17.1 Å². The van der Waals surface area contributed by atoms with Crippen LogP contribution >= 0.6 is 0 Å². The molecule has 2 N–H and O–H groups in total.